The zero-order chi connectivity index (χ0) is 14.4. The van der Waals surface area contributed by atoms with Crippen LogP contribution in [-0.2, 0) is 15.8 Å². The number of amides is 1. The average Bonchev–Trinajstić information content (AvgIpc) is 2.34. The van der Waals surface area contributed by atoms with Crippen molar-refractivity contribution in [2.24, 2.45) is 0 Å². The topological polar surface area (TPSA) is 53.3 Å². The molecule has 1 heterocycles. The van der Waals surface area contributed by atoms with Crippen molar-refractivity contribution < 1.29 is 22.8 Å². The summed E-state index contributed by atoms with van der Waals surface area (Å²) in [6.07, 6.45) is -4.66. The second-order valence-electron chi connectivity index (χ2n) is 4.54. The van der Waals surface area contributed by atoms with Gasteiger partial charge in [0.05, 0.1) is 22.9 Å². The summed E-state index contributed by atoms with van der Waals surface area (Å²) < 4.78 is 38.3. The molecule has 1 aromatic carbocycles. The van der Waals surface area contributed by atoms with Crippen molar-refractivity contribution in [3.63, 3.8) is 0 Å². The zero-order valence-corrected chi connectivity index (χ0v) is 10.1. The number of rotatable bonds is 1. The highest BCUT2D eigenvalue weighted by Gasteiger charge is 2.48. The molecule has 7 heteroatoms. The lowest BCUT2D eigenvalue weighted by atomic mass is 10.0. The third kappa shape index (κ3) is 2.15. The van der Waals surface area contributed by atoms with Crippen molar-refractivity contribution in [2.45, 2.75) is 25.6 Å². The molecule has 1 aliphatic rings. The molecule has 19 heavy (non-hydrogen) atoms. The van der Waals surface area contributed by atoms with Gasteiger partial charge >= 0.3 is 6.18 Å². The fourth-order valence-electron chi connectivity index (χ4n) is 1.67. The molecular weight excluding hydrogens is 261 g/mol. The van der Waals surface area contributed by atoms with Crippen LogP contribution in [0.25, 0.3) is 0 Å². The van der Waals surface area contributed by atoms with E-state index in [4.69, 9.17) is 10.1 Å². The highest BCUT2D eigenvalue weighted by Crippen LogP contribution is 2.37. The first kappa shape index (κ1) is 13.4. The third-order valence-electron chi connectivity index (χ3n) is 2.68. The lowest BCUT2D eigenvalue weighted by Gasteiger charge is -2.42. The number of benzene rings is 1. The molecule has 1 saturated heterocycles. The Morgan fingerprint density at radius 1 is 1.37 bits per heavy atom. The van der Waals surface area contributed by atoms with E-state index in [1.807, 2.05) is 0 Å². The standard InChI is InChI=1S/C12H9F3N2O2/c1-11(2)10(18)17(19-11)8-4-3-7(6-16)9(5-8)12(13,14)15/h3-5H,1-2H3. The van der Waals surface area contributed by atoms with Gasteiger partial charge in [-0.3, -0.25) is 4.79 Å². The summed E-state index contributed by atoms with van der Waals surface area (Å²) in [6.45, 7) is 3.03. The number of halogens is 3. The van der Waals surface area contributed by atoms with Crippen molar-refractivity contribution in [2.75, 3.05) is 5.06 Å². The van der Waals surface area contributed by atoms with E-state index in [9.17, 15) is 18.0 Å². The lowest BCUT2D eigenvalue weighted by molar-refractivity contribution is -0.179. The Hall–Kier alpha value is -2.07. The smallest absolute Gasteiger partial charge is 0.269 e. The first-order chi connectivity index (χ1) is 8.66. The largest absolute Gasteiger partial charge is 0.417 e. The van der Waals surface area contributed by atoms with E-state index < -0.39 is 28.8 Å². The summed E-state index contributed by atoms with van der Waals surface area (Å²) >= 11 is 0. The van der Waals surface area contributed by atoms with Crippen LogP contribution in [0.1, 0.15) is 25.0 Å². The Morgan fingerprint density at radius 3 is 2.42 bits per heavy atom. The van der Waals surface area contributed by atoms with Crippen LogP contribution in [0.2, 0.25) is 0 Å². The number of anilines is 1. The fourth-order valence-corrected chi connectivity index (χ4v) is 1.67. The van der Waals surface area contributed by atoms with Crippen molar-refractivity contribution in [1.29, 1.82) is 5.26 Å². The minimum absolute atomic E-state index is 0.0457. The van der Waals surface area contributed by atoms with Gasteiger partial charge in [0, 0.05) is 0 Å². The maximum Gasteiger partial charge on any atom is 0.417 e. The number of alkyl halides is 3. The Balaban J connectivity index is 2.41. The monoisotopic (exact) mass is 270 g/mol. The molecule has 1 fully saturated rings. The van der Waals surface area contributed by atoms with Crippen LogP contribution >= 0.6 is 0 Å². The van der Waals surface area contributed by atoms with E-state index >= 15 is 0 Å². The highest BCUT2D eigenvalue weighted by atomic mass is 19.4. The molecule has 0 N–H and O–H groups in total. The Bertz CT molecular complexity index is 588. The predicted molar refractivity (Wildman–Crippen MR) is 58.8 cm³/mol. The molecule has 0 saturated carbocycles. The molecule has 0 spiro atoms. The summed E-state index contributed by atoms with van der Waals surface area (Å²) in [7, 11) is 0. The van der Waals surface area contributed by atoms with Gasteiger partial charge in [-0.15, -0.1) is 0 Å². The molecule has 0 unspecified atom stereocenters. The molecule has 0 bridgehead atoms. The molecule has 0 radical (unpaired) electrons. The number of hydroxylamine groups is 1. The van der Waals surface area contributed by atoms with E-state index in [0.29, 0.717) is 0 Å². The fraction of sp³-hybridized carbons (Fsp3) is 0.333. The normalized spacial score (nSPS) is 17.9. The van der Waals surface area contributed by atoms with E-state index in [1.54, 1.807) is 0 Å². The van der Waals surface area contributed by atoms with Crippen LogP contribution in [0.4, 0.5) is 18.9 Å². The first-order valence-corrected chi connectivity index (χ1v) is 5.32. The second-order valence-corrected chi connectivity index (χ2v) is 4.54. The Morgan fingerprint density at radius 2 is 2.00 bits per heavy atom. The summed E-state index contributed by atoms with van der Waals surface area (Å²) in [5.74, 6) is -0.440. The van der Waals surface area contributed by atoms with Gasteiger partial charge in [0.15, 0.2) is 5.60 Å². The second kappa shape index (κ2) is 3.96. The number of nitrogens with zero attached hydrogens (tertiary/aromatic N) is 2. The zero-order valence-electron chi connectivity index (χ0n) is 10.1. The van der Waals surface area contributed by atoms with E-state index in [2.05, 4.69) is 0 Å². The van der Waals surface area contributed by atoms with Crippen molar-refractivity contribution in [3.05, 3.63) is 29.3 Å². The number of hydrogen-bond donors (Lipinski definition) is 0. The van der Waals surface area contributed by atoms with Crippen molar-refractivity contribution >= 4 is 11.6 Å². The number of hydrogen-bond acceptors (Lipinski definition) is 3. The van der Waals surface area contributed by atoms with Crippen LogP contribution in [0.15, 0.2) is 18.2 Å². The number of carbonyl (C=O) groups is 1. The molecule has 4 nitrogen and oxygen atoms in total. The minimum atomic E-state index is -4.66. The van der Waals surface area contributed by atoms with Gasteiger partial charge in [-0.2, -0.15) is 23.5 Å². The molecular formula is C12H9F3N2O2. The first-order valence-electron chi connectivity index (χ1n) is 5.32. The van der Waals surface area contributed by atoms with Gasteiger partial charge in [0.25, 0.3) is 5.91 Å². The van der Waals surface area contributed by atoms with Crippen LogP contribution in [0.5, 0.6) is 0 Å². The van der Waals surface area contributed by atoms with Crippen molar-refractivity contribution in [3.8, 4) is 6.07 Å². The summed E-state index contributed by atoms with van der Waals surface area (Å²) in [5.41, 5.74) is -2.67. The Kier molecular flexibility index (Phi) is 2.79. The van der Waals surface area contributed by atoms with Crippen molar-refractivity contribution in [1.82, 2.24) is 0 Å². The van der Waals surface area contributed by atoms with Gasteiger partial charge in [0.2, 0.25) is 0 Å². The molecule has 1 aromatic rings. The Labute approximate surface area is 106 Å². The maximum absolute atomic E-state index is 12.8. The molecule has 1 amide bonds. The van der Waals surface area contributed by atoms with Gasteiger partial charge in [-0.1, -0.05) is 0 Å². The minimum Gasteiger partial charge on any atom is -0.269 e. The van der Waals surface area contributed by atoms with Gasteiger partial charge in [-0.05, 0) is 32.0 Å². The number of carbonyl (C=O) groups excluding carboxylic acids is 1. The maximum atomic E-state index is 12.8. The predicted octanol–water partition coefficient (Wildman–Crippen LogP) is 2.63. The highest BCUT2D eigenvalue weighted by molar-refractivity contribution is 6.02. The van der Waals surface area contributed by atoms with Gasteiger partial charge in [0.1, 0.15) is 0 Å². The summed E-state index contributed by atoms with van der Waals surface area (Å²) in [4.78, 5) is 16.8. The van der Waals surface area contributed by atoms with Crippen LogP contribution in [-0.4, -0.2) is 11.5 Å². The molecule has 100 valence electrons. The summed E-state index contributed by atoms with van der Waals surface area (Å²) in [5, 5.41) is 9.44. The molecule has 2 rings (SSSR count). The SMILES string of the molecule is CC1(C)ON(c2ccc(C#N)c(C(F)(F)F)c2)C1=O. The lowest BCUT2D eigenvalue weighted by Crippen LogP contribution is -2.61. The molecule has 0 atom stereocenters. The molecule has 0 aliphatic carbocycles. The molecule has 0 aromatic heterocycles. The third-order valence-corrected chi connectivity index (χ3v) is 2.68. The summed E-state index contributed by atoms with van der Waals surface area (Å²) in [6, 6.07) is 4.45. The van der Waals surface area contributed by atoms with Crippen LogP contribution in [0.3, 0.4) is 0 Å². The average molecular weight is 270 g/mol. The van der Waals surface area contributed by atoms with E-state index in [0.717, 1.165) is 17.2 Å². The van der Waals surface area contributed by atoms with Gasteiger partial charge < -0.3 is 0 Å². The quantitative estimate of drug-likeness (QED) is 0.788. The molecule has 1 aliphatic heterocycles. The van der Waals surface area contributed by atoms with Gasteiger partial charge in [-0.25, -0.2) is 4.84 Å². The van der Waals surface area contributed by atoms with Crippen LogP contribution < -0.4 is 5.06 Å². The number of nitriles is 1. The van der Waals surface area contributed by atoms with E-state index in [-0.39, 0.29) is 5.69 Å². The van der Waals surface area contributed by atoms with Crippen LogP contribution in [0, 0.1) is 11.3 Å². The van der Waals surface area contributed by atoms with E-state index in [1.165, 1.54) is 26.0 Å².